The van der Waals surface area contributed by atoms with E-state index in [0.29, 0.717) is 31.7 Å². The highest BCUT2D eigenvalue weighted by molar-refractivity contribution is 9.10. The van der Waals surface area contributed by atoms with Gasteiger partial charge in [0.15, 0.2) is 0 Å². The van der Waals surface area contributed by atoms with Gasteiger partial charge in [-0.2, -0.15) is 0 Å². The van der Waals surface area contributed by atoms with Crippen LogP contribution in [0.5, 0.6) is 0 Å². The molecule has 5 nitrogen and oxygen atoms in total. The van der Waals surface area contributed by atoms with Crippen molar-refractivity contribution >= 4 is 33.6 Å². The monoisotopic (exact) mass is 451 g/mol. The molecular formula is C20H20BrF2N3O2. The minimum Gasteiger partial charge on any atom is -0.342 e. The zero-order chi connectivity index (χ0) is 20.1. The van der Waals surface area contributed by atoms with Crippen LogP contribution in [0.15, 0.2) is 41.0 Å². The molecule has 148 valence electrons. The van der Waals surface area contributed by atoms with E-state index in [9.17, 15) is 18.4 Å². The summed E-state index contributed by atoms with van der Waals surface area (Å²) in [6.07, 6.45) is 2.96. The average molecular weight is 452 g/mol. The molecule has 1 atom stereocenters. The van der Waals surface area contributed by atoms with Crippen LogP contribution in [0.2, 0.25) is 0 Å². The number of nitrogens with one attached hydrogen (secondary N) is 1. The topological polar surface area (TPSA) is 62.3 Å². The summed E-state index contributed by atoms with van der Waals surface area (Å²) >= 11 is 3.29. The lowest BCUT2D eigenvalue weighted by atomic mass is 9.96. The predicted molar refractivity (Wildman–Crippen MR) is 105 cm³/mol. The van der Waals surface area contributed by atoms with Gasteiger partial charge in [-0.15, -0.1) is 0 Å². The number of aromatic nitrogens is 1. The first-order valence-corrected chi connectivity index (χ1v) is 9.86. The van der Waals surface area contributed by atoms with E-state index in [1.165, 1.54) is 18.2 Å². The number of halogens is 3. The molecule has 1 unspecified atom stereocenters. The Morgan fingerprint density at radius 3 is 2.64 bits per heavy atom. The first kappa shape index (κ1) is 20.4. The number of likely N-dealkylation sites (tertiary alicyclic amines) is 1. The van der Waals surface area contributed by atoms with Crippen LogP contribution in [0.1, 0.15) is 24.8 Å². The molecule has 2 heterocycles. The fraction of sp³-hybridized carbons (Fsp3) is 0.350. The molecule has 28 heavy (non-hydrogen) atoms. The zero-order valence-electron chi connectivity index (χ0n) is 15.1. The molecule has 0 aliphatic carbocycles. The average Bonchev–Trinajstić information content (AvgIpc) is 2.69. The molecule has 0 saturated carbocycles. The first-order chi connectivity index (χ1) is 13.4. The highest BCUT2D eigenvalue weighted by Gasteiger charge is 2.28. The number of hydrogen-bond acceptors (Lipinski definition) is 3. The summed E-state index contributed by atoms with van der Waals surface area (Å²) < 4.78 is 28.2. The molecule has 2 aromatic rings. The van der Waals surface area contributed by atoms with Crippen molar-refractivity contribution in [3.8, 4) is 0 Å². The Bertz CT molecular complexity index is 841. The summed E-state index contributed by atoms with van der Waals surface area (Å²) in [4.78, 5) is 30.7. The van der Waals surface area contributed by atoms with Gasteiger partial charge in [-0.05, 0) is 59.5 Å². The van der Waals surface area contributed by atoms with Crippen molar-refractivity contribution in [3.05, 3.63) is 58.2 Å². The predicted octanol–water partition coefficient (Wildman–Crippen LogP) is 3.93. The van der Waals surface area contributed by atoms with Gasteiger partial charge < -0.3 is 10.2 Å². The number of nitrogens with zero attached hydrogens (tertiary/aromatic N) is 2. The molecule has 1 aromatic heterocycles. The largest absolute Gasteiger partial charge is 0.342 e. The van der Waals surface area contributed by atoms with Gasteiger partial charge in [-0.1, -0.05) is 6.07 Å². The Balaban J connectivity index is 1.55. The minimum absolute atomic E-state index is 0.000456. The van der Waals surface area contributed by atoms with Crippen LogP contribution in [-0.2, 0) is 16.0 Å². The van der Waals surface area contributed by atoms with Crippen molar-refractivity contribution in [1.29, 1.82) is 0 Å². The maximum absolute atomic E-state index is 13.7. The Morgan fingerprint density at radius 2 is 1.96 bits per heavy atom. The molecule has 1 N–H and O–H groups in total. The number of hydrogen-bond donors (Lipinski definition) is 1. The van der Waals surface area contributed by atoms with Gasteiger partial charge in [0, 0.05) is 35.7 Å². The minimum atomic E-state index is -0.648. The van der Waals surface area contributed by atoms with Gasteiger partial charge in [0.2, 0.25) is 11.8 Å². The van der Waals surface area contributed by atoms with Gasteiger partial charge in [0.25, 0.3) is 0 Å². The van der Waals surface area contributed by atoms with Crippen LogP contribution in [0, 0.1) is 17.6 Å². The number of benzene rings is 1. The second-order valence-corrected chi connectivity index (χ2v) is 7.65. The van der Waals surface area contributed by atoms with Crippen LogP contribution in [-0.4, -0.2) is 34.8 Å². The van der Waals surface area contributed by atoms with Gasteiger partial charge in [0.05, 0.1) is 5.92 Å². The van der Waals surface area contributed by atoms with Gasteiger partial charge in [-0.3, -0.25) is 9.59 Å². The lowest BCUT2D eigenvalue weighted by molar-refractivity contribution is -0.134. The third kappa shape index (κ3) is 5.13. The molecule has 1 saturated heterocycles. The number of amides is 2. The van der Waals surface area contributed by atoms with Gasteiger partial charge in [-0.25, -0.2) is 13.8 Å². The van der Waals surface area contributed by atoms with Crippen LogP contribution < -0.4 is 5.32 Å². The molecule has 3 rings (SSSR count). The lowest BCUT2D eigenvalue weighted by Gasteiger charge is -2.32. The fourth-order valence-electron chi connectivity index (χ4n) is 3.26. The smallest absolute Gasteiger partial charge is 0.230 e. The summed E-state index contributed by atoms with van der Waals surface area (Å²) in [7, 11) is 0. The molecule has 8 heteroatoms. The molecule has 1 aromatic carbocycles. The summed E-state index contributed by atoms with van der Waals surface area (Å²) in [5.74, 6) is -1.58. The van der Waals surface area contributed by atoms with E-state index in [-0.39, 0.29) is 36.1 Å². The molecule has 2 amide bonds. The van der Waals surface area contributed by atoms with Gasteiger partial charge in [0.1, 0.15) is 17.5 Å². The van der Waals surface area contributed by atoms with Gasteiger partial charge >= 0.3 is 0 Å². The van der Waals surface area contributed by atoms with Crippen LogP contribution in [0.25, 0.3) is 0 Å². The molecule has 1 fully saturated rings. The van der Waals surface area contributed by atoms with Crippen molar-refractivity contribution in [2.75, 3.05) is 18.4 Å². The molecule has 1 aliphatic heterocycles. The Kier molecular flexibility index (Phi) is 6.72. The quantitative estimate of drug-likeness (QED) is 0.748. The molecule has 0 spiro atoms. The zero-order valence-corrected chi connectivity index (χ0v) is 16.7. The summed E-state index contributed by atoms with van der Waals surface area (Å²) in [6.45, 7) is 0.833. The van der Waals surface area contributed by atoms with Crippen molar-refractivity contribution in [1.82, 2.24) is 9.88 Å². The maximum atomic E-state index is 13.7. The number of carbonyl (C=O) groups excluding carboxylic acids is 2. The number of rotatable bonds is 5. The molecular weight excluding hydrogens is 432 g/mol. The Labute approximate surface area is 170 Å². The van der Waals surface area contributed by atoms with Crippen LogP contribution in [0.3, 0.4) is 0 Å². The summed E-state index contributed by atoms with van der Waals surface area (Å²) in [5.41, 5.74) is -0.0801. The number of anilines is 1. The number of carbonyl (C=O) groups is 2. The second kappa shape index (κ2) is 9.23. The normalized spacial score (nSPS) is 16.7. The number of pyridine rings is 1. The molecule has 1 aliphatic rings. The summed E-state index contributed by atoms with van der Waals surface area (Å²) in [5, 5.41) is 2.76. The van der Waals surface area contributed by atoms with Crippen LogP contribution in [0.4, 0.5) is 14.6 Å². The van der Waals surface area contributed by atoms with Crippen molar-refractivity contribution < 1.29 is 18.4 Å². The van der Waals surface area contributed by atoms with E-state index in [0.717, 1.165) is 4.47 Å². The van der Waals surface area contributed by atoms with Crippen molar-refractivity contribution in [2.45, 2.75) is 25.7 Å². The fourth-order valence-corrected chi connectivity index (χ4v) is 3.49. The van der Waals surface area contributed by atoms with E-state index in [2.05, 4.69) is 26.2 Å². The maximum Gasteiger partial charge on any atom is 0.230 e. The molecule has 0 bridgehead atoms. The Hall–Kier alpha value is -2.35. The van der Waals surface area contributed by atoms with E-state index < -0.39 is 11.6 Å². The highest BCUT2D eigenvalue weighted by Crippen LogP contribution is 2.21. The van der Waals surface area contributed by atoms with E-state index in [4.69, 9.17) is 0 Å². The summed E-state index contributed by atoms with van der Waals surface area (Å²) in [6, 6.07) is 7.13. The lowest BCUT2D eigenvalue weighted by Crippen LogP contribution is -2.43. The number of piperidine rings is 1. The molecule has 0 radical (unpaired) electrons. The van der Waals surface area contributed by atoms with Crippen molar-refractivity contribution in [3.63, 3.8) is 0 Å². The Morgan fingerprint density at radius 1 is 1.21 bits per heavy atom. The van der Waals surface area contributed by atoms with E-state index in [1.807, 2.05) is 0 Å². The first-order valence-electron chi connectivity index (χ1n) is 9.07. The highest BCUT2D eigenvalue weighted by atomic mass is 79.9. The third-order valence-electron chi connectivity index (χ3n) is 4.77. The van der Waals surface area contributed by atoms with Crippen LogP contribution >= 0.6 is 15.9 Å². The van der Waals surface area contributed by atoms with Crippen molar-refractivity contribution in [2.24, 2.45) is 5.92 Å². The standard InChI is InChI=1S/C20H20BrF2N3O2/c21-14-6-8-18(24-11-14)25-20(28)13-3-2-10-26(12-13)19(27)9-7-15-16(22)4-1-5-17(15)23/h1,4-6,8,11,13H,2-3,7,9-10,12H2,(H,24,25,28). The second-order valence-electron chi connectivity index (χ2n) is 6.73. The third-order valence-corrected chi connectivity index (χ3v) is 5.24. The van der Waals surface area contributed by atoms with E-state index in [1.54, 1.807) is 23.2 Å². The SMILES string of the molecule is O=C(Nc1ccc(Br)cn1)C1CCCN(C(=O)CCc2c(F)cccc2F)C1. The van der Waals surface area contributed by atoms with E-state index >= 15 is 0 Å².